The van der Waals surface area contributed by atoms with Crippen LogP contribution in [-0.4, -0.2) is 93.1 Å². The molecule has 0 bridgehead atoms. The van der Waals surface area contributed by atoms with Crippen LogP contribution >= 0.6 is 0 Å². The summed E-state index contributed by atoms with van der Waals surface area (Å²) in [6, 6.07) is 19.3. The topological polar surface area (TPSA) is 175 Å². The first-order valence-corrected chi connectivity index (χ1v) is 20.0. The molecule has 2 aromatic heterocycles. The molecule has 0 radical (unpaired) electrons. The molecule has 58 heavy (non-hydrogen) atoms. The summed E-state index contributed by atoms with van der Waals surface area (Å²) in [6.45, 7) is 8.98. The van der Waals surface area contributed by atoms with Crippen LogP contribution in [0.15, 0.2) is 73.1 Å². The molecule has 4 N–H and O–H groups in total. The zero-order valence-corrected chi connectivity index (χ0v) is 33.9. The maximum atomic E-state index is 13.6. The number of hydrogen-bond acceptors (Lipinski definition) is 8. The van der Waals surface area contributed by atoms with Gasteiger partial charge in [-0.15, -0.1) is 0 Å². The zero-order valence-electron chi connectivity index (χ0n) is 33.9. The van der Waals surface area contributed by atoms with E-state index in [2.05, 4.69) is 88.2 Å². The van der Waals surface area contributed by atoms with Crippen LogP contribution in [0.5, 0.6) is 0 Å². The highest BCUT2D eigenvalue weighted by atomic mass is 16.5. The highest BCUT2D eigenvalue weighted by Gasteiger charge is 2.39. The van der Waals surface area contributed by atoms with Crippen LogP contribution in [0.1, 0.15) is 77.1 Å². The molecule has 2 aliphatic rings. The molecule has 0 saturated carbocycles. The highest BCUT2D eigenvalue weighted by molar-refractivity contribution is 5.91. The second-order valence-corrected chi connectivity index (χ2v) is 15.7. The van der Waals surface area contributed by atoms with Gasteiger partial charge in [0.05, 0.1) is 50.1 Å². The van der Waals surface area contributed by atoms with Crippen molar-refractivity contribution < 1.29 is 28.7 Å². The molecule has 2 fully saturated rings. The smallest absolute Gasteiger partial charge is 0.407 e. The predicted octanol–water partition coefficient (Wildman–Crippen LogP) is 7.38. The van der Waals surface area contributed by atoms with Crippen LogP contribution in [0.3, 0.4) is 0 Å². The largest absolute Gasteiger partial charge is 0.453 e. The summed E-state index contributed by atoms with van der Waals surface area (Å²) in [4.78, 5) is 70.9. The molecule has 2 unspecified atom stereocenters. The number of amides is 4. The number of aromatic nitrogens is 4. The molecule has 14 nitrogen and oxygen atoms in total. The van der Waals surface area contributed by atoms with Gasteiger partial charge >= 0.3 is 12.2 Å². The van der Waals surface area contributed by atoms with Gasteiger partial charge in [0.2, 0.25) is 11.8 Å². The minimum atomic E-state index is -0.688. The molecule has 2 saturated heterocycles. The van der Waals surface area contributed by atoms with Crippen molar-refractivity contribution in [3.63, 3.8) is 0 Å². The van der Waals surface area contributed by atoms with Gasteiger partial charge in [0.15, 0.2) is 0 Å². The van der Waals surface area contributed by atoms with E-state index < -0.39 is 24.3 Å². The monoisotopic (exact) mass is 788 g/mol. The summed E-state index contributed by atoms with van der Waals surface area (Å²) in [7, 11) is 2.58. The molecule has 14 heteroatoms. The number of benzene rings is 3. The summed E-state index contributed by atoms with van der Waals surface area (Å²) < 4.78 is 9.50. The summed E-state index contributed by atoms with van der Waals surface area (Å²) >= 11 is 0. The highest BCUT2D eigenvalue weighted by Crippen LogP contribution is 2.37. The number of nitrogens with one attached hydrogen (secondary N) is 4. The van der Waals surface area contributed by atoms with Gasteiger partial charge in [-0.1, -0.05) is 76.2 Å². The van der Waals surface area contributed by atoms with E-state index in [1.807, 2.05) is 43.0 Å². The second-order valence-electron chi connectivity index (χ2n) is 15.7. The number of rotatable bonds is 11. The van der Waals surface area contributed by atoms with Crippen molar-refractivity contribution >= 4 is 34.8 Å². The van der Waals surface area contributed by atoms with E-state index >= 15 is 0 Å². The maximum absolute atomic E-state index is 13.6. The third-order valence-electron chi connectivity index (χ3n) is 11.4. The fourth-order valence-corrected chi connectivity index (χ4v) is 8.22. The number of carbonyl (C=O) groups excluding carboxylic acids is 4. The first-order chi connectivity index (χ1) is 28.0. The fourth-order valence-electron chi connectivity index (χ4n) is 8.22. The quantitative estimate of drug-likeness (QED) is 0.107. The number of H-pyrrole nitrogens is 2. The molecule has 5 atom stereocenters. The number of fused-ring (bicyclic) bond motifs is 1. The number of likely N-dealkylation sites (tertiary alicyclic amines) is 2. The zero-order chi connectivity index (χ0) is 41.1. The Labute approximate surface area is 338 Å². The molecule has 5 aromatic rings. The molecule has 0 spiro atoms. The maximum Gasteiger partial charge on any atom is 0.407 e. The third-order valence-corrected chi connectivity index (χ3v) is 11.4. The Morgan fingerprint density at radius 2 is 1.33 bits per heavy atom. The number of aromatic amines is 2. The summed E-state index contributed by atoms with van der Waals surface area (Å²) in [5.74, 6) is 1.37. The standard InChI is InChI=1S/C44H52N8O6/c1-7-33(49-43(55)57-5)41(53)52-24-26(4)19-37(52)40-46-22-34(47-40)28-12-10-27(11-13-28)29-14-15-31-21-32(17-16-30(31)20-29)35-23-45-39(48-35)36-9-8-18-51(36)42(54)38(25(2)3)50-44(56)58-6/h10-17,20-23,25-26,33,36-38H,7-9,18-19,24H2,1-6H3,(H,45,48)(H,46,47)(H,49,55)(H,50,56)/t26-,33?,36+,37+,38?/m1/s1. The van der Waals surface area contributed by atoms with Gasteiger partial charge in [-0.3, -0.25) is 9.59 Å². The number of imidazole rings is 2. The number of nitrogens with zero attached hydrogens (tertiary/aromatic N) is 4. The molecule has 4 heterocycles. The summed E-state index contributed by atoms with van der Waals surface area (Å²) in [5.41, 5.74) is 5.88. The lowest BCUT2D eigenvalue weighted by Crippen LogP contribution is -2.51. The first kappa shape index (κ1) is 40.0. The first-order valence-electron chi connectivity index (χ1n) is 20.0. The molecule has 0 aliphatic carbocycles. The van der Waals surface area contributed by atoms with Gasteiger partial charge < -0.3 is 39.9 Å². The molecule has 3 aromatic carbocycles. The molecule has 7 rings (SSSR count). The van der Waals surface area contributed by atoms with Gasteiger partial charge in [-0.05, 0) is 77.1 Å². The number of hydrogen-bond donors (Lipinski definition) is 4. The van der Waals surface area contributed by atoms with Crippen LogP contribution in [-0.2, 0) is 19.1 Å². The number of ether oxygens (including phenoxy) is 2. The number of methoxy groups -OCH3 is 2. The third kappa shape index (κ3) is 8.27. The van der Waals surface area contributed by atoms with Gasteiger partial charge in [0.25, 0.3) is 0 Å². The van der Waals surface area contributed by atoms with E-state index in [0.29, 0.717) is 25.4 Å². The Morgan fingerprint density at radius 3 is 1.97 bits per heavy atom. The van der Waals surface area contributed by atoms with Crippen molar-refractivity contribution in [1.29, 1.82) is 0 Å². The van der Waals surface area contributed by atoms with Gasteiger partial charge in [0, 0.05) is 18.7 Å². The average molecular weight is 789 g/mol. The van der Waals surface area contributed by atoms with Crippen molar-refractivity contribution in [3.8, 4) is 33.6 Å². The Morgan fingerprint density at radius 1 is 0.759 bits per heavy atom. The van der Waals surface area contributed by atoms with E-state index in [1.54, 1.807) is 0 Å². The van der Waals surface area contributed by atoms with Crippen molar-refractivity contribution in [2.75, 3.05) is 27.3 Å². The van der Waals surface area contributed by atoms with Crippen molar-refractivity contribution in [1.82, 2.24) is 40.4 Å². The molecular weight excluding hydrogens is 737 g/mol. The van der Waals surface area contributed by atoms with E-state index in [0.717, 1.165) is 75.3 Å². The van der Waals surface area contributed by atoms with Crippen LogP contribution in [0.2, 0.25) is 0 Å². The Bertz CT molecular complexity index is 2280. The van der Waals surface area contributed by atoms with Crippen LogP contribution in [0.4, 0.5) is 9.59 Å². The van der Waals surface area contributed by atoms with Crippen molar-refractivity contribution in [3.05, 3.63) is 84.7 Å². The van der Waals surface area contributed by atoms with E-state index in [9.17, 15) is 19.2 Å². The SMILES string of the molecule is CCC(NC(=O)OC)C(=O)N1C[C@H](C)C[C@H]1c1ncc(-c2ccc(-c3ccc4cc(-c5cnc([C@@H]6CCCN6C(=O)C(NC(=O)OC)C(C)C)[nH]5)ccc4c3)cc2)[nH]1. The molecule has 4 amide bonds. The lowest BCUT2D eigenvalue weighted by molar-refractivity contribution is -0.135. The Balaban J connectivity index is 1.03. The van der Waals surface area contributed by atoms with Gasteiger partial charge in [0.1, 0.15) is 23.7 Å². The lowest BCUT2D eigenvalue weighted by Gasteiger charge is -2.30. The van der Waals surface area contributed by atoms with Gasteiger partial charge in [-0.25, -0.2) is 19.6 Å². The Kier molecular flexibility index (Phi) is 11.8. The lowest BCUT2D eigenvalue weighted by atomic mass is 9.98. The number of alkyl carbamates (subject to hydrolysis) is 2. The van der Waals surface area contributed by atoms with E-state index in [4.69, 9.17) is 19.4 Å². The minimum absolute atomic E-state index is 0.105. The van der Waals surface area contributed by atoms with Crippen molar-refractivity contribution in [2.45, 2.75) is 77.5 Å². The van der Waals surface area contributed by atoms with Crippen molar-refractivity contribution in [2.24, 2.45) is 11.8 Å². The van der Waals surface area contributed by atoms with E-state index in [-0.39, 0.29) is 29.8 Å². The molecule has 2 aliphatic heterocycles. The minimum Gasteiger partial charge on any atom is -0.453 e. The van der Waals surface area contributed by atoms with Crippen LogP contribution < -0.4 is 10.6 Å². The van der Waals surface area contributed by atoms with Crippen LogP contribution in [0, 0.1) is 11.8 Å². The van der Waals surface area contributed by atoms with Crippen LogP contribution in [0.25, 0.3) is 44.4 Å². The predicted molar refractivity (Wildman–Crippen MR) is 220 cm³/mol. The molecular formula is C44H52N8O6. The molecule has 304 valence electrons. The average Bonchev–Trinajstić information content (AvgIpc) is 4.08. The normalized spacial score (nSPS) is 19.0. The second kappa shape index (κ2) is 17.1. The summed E-state index contributed by atoms with van der Waals surface area (Å²) in [5, 5.41) is 7.56. The summed E-state index contributed by atoms with van der Waals surface area (Å²) in [6.07, 6.45) is 5.25. The van der Waals surface area contributed by atoms with E-state index in [1.165, 1.54) is 14.2 Å². The Hall–Kier alpha value is -6.18. The fraction of sp³-hybridized carbons (Fsp3) is 0.409. The van der Waals surface area contributed by atoms with Gasteiger partial charge in [-0.2, -0.15) is 0 Å². The number of carbonyl (C=O) groups is 4.